The molecule has 0 spiro atoms. The first kappa shape index (κ1) is 28.7. The number of hydrogen-bond acceptors (Lipinski definition) is 7. The third-order valence-corrected chi connectivity index (χ3v) is 7.01. The van der Waals surface area contributed by atoms with Crippen LogP contribution < -0.4 is 0 Å². The molecule has 0 amide bonds. The minimum absolute atomic E-state index is 0.0332. The summed E-state index contributed by atoms with van der Waals surface area (Å²) in [5.41, 5.74) is 2.13. The van der Waals surface area contributed by atoms with Crippen LogP contribution in [0.3, 0.4) is 0 Å². The van der Waals surface area contributed by atoms with Gasteiger partial charge in [-0.3, -0.25) is 4.79 Å². The van der Waals surface area contributed by atoms with Crippen LogP contribution in [-0.2, 0) is 34.1 Å². The summed E-state index contributed by atoms with van der Waals surface area (Å²) >= 11 is 7.32. The quantitative estimate of drug-likeness (QED) is 0.280. The van der Waals surface area contributed by atoms with E-state index >= 15 is 0 Å². The van der Waals surface area contributed by atoms with E-state index in [1.807, 2.05) is 6.92 Å². The average molecular weight is 591 g/mol. The van der Waals surface area contributed by atoms with Gasteiger partial charge >= 0.3 is 14.2 Å². The summed E-state index contributed by atoms with van der Waals surface area (Å²) < 4.78 is 62.5. The number of carbonyl (C=O) groups is 1. The molecule has 0 radical (unpaired) electrons. The summed E-state index contributed by atoms with van der Waals surface area (Å²) in [6.07, 6.45) is 2.47. The van der Waals surface area contributed by atoms with E-state index < -0.39 is 23.9 Å². The highest BCUT2D eigenvalue weighted by molar-refractivity contribution is 8.31. The van der Waals surface area contributed by atoms with Crippen molar-refractivity contribution in [1.82, 2.24) is 4.40 Å². The monoisotopic (exact) mass is 589 g/mol. The van der Waals surface area contributed by atoms with E-state index in [1.54, 1.807) is 23.5 Å². The van der Waals surface area contributed by atoms with Crippen molar-refractivity contribution in [3.8, 4) is 0 Å². The molecule has 0 saturated carbocycles. The summed E-state index contributed by atoms with van der Waals surface area (Å²) in [5, 5.41) is 0.677. The number of sulfone groups is 1. The summed E-state index contributed by atoms with van der Waals surface area (Å²) in [4.78, 5) is 13.1. The second kappa shape index (κ2) is 11.5. The lowest BCUT2D eigenvalue weighted by atomic mass is 10.1. The molecule has 3 aromatic rings. The topological polar surface area (TPSA) is 99.0 Å². The van der Waals surface area contributed by atoms with Gasteiger partial charge in [-0.05, 0) is 55.3 Å². The first-order valence-corrected chi connectivity index (χ1v) is 15.6. The summed E-state index contributed by atoms with van der Waals surface area (Å²) in [7, 11) is 1.52. The van der Waals surface area contributed by atoms with Crippen molar-refractivity contribution in [2.45, 2.75) is 35.1 Å². The number of halogens is 4. The zero-order chi connectivity index (χ0) is 25.8. The lowest BCUT2D eigenvalue weighted by molar-refractivity contribution is -0.142. The van der Waals surface area contributed by atoms with Gasteiger partial charge in [-0.1, -0.05) is 23.4 Å². The van der Waals surface area contributed by atoms with Crippen molar-refractivity contribution in [2.75, 3.05) is 12.9 Å². The zero-order valence-electron chi connectivity index (χ0n) is 18.0. The predicted octanol–water partition coefficient (Wildman–Crippen LogP) is 5.41. The van der Waals surface area contributed by atoms with E-state index in [4.69, 9.17) is 24.8 Å². The van der Waals surface area contributed by atoms with Crippen LogP contribution in [0.5, 0.6) is 0 Å². The number of hydrogen-bond donors (Lipinski definition) is 0. The Morgan fingerprint density at radius 2 is 1.71 bits per heavy atom. The fourth-order valence-corrected chi connectivity index (χ4v) is 4.78. The molecule has 0 aliphatic heterocycles. The van der Waals surface area contributed by atoms with E-state index in [-0.39, 0.29) is 28.9 Å². The largest absolute Gasteiger partial charge is 0.466 e. The highest BCUT2D eigenvalue weighted by Crippen LogP contribution is 2.37. The molecule has 7 nitrogen and oxygen atoms in total. The van der Waals surface area contributed by atoms with Crippen molar-refractivity contribution in [3.63, 3.8) is 0 Å². The van der Waals surface area contributed by atoms with Crippen LogP contribution in [0.1, 0.15) is 18.1 Å². The molecule has 34 heavy (non-hydrogen) atoms. The Balaban J connectivity index is 0.000000739. The molecule has 2 heterocycles. The van der Waals surface area contributed by atoms with Crippen LogP contribution in [0.4, 0.5) is 4.39 Å². The van der Waals surface area contributed by atoms with Crippen molar-refractivity contribution in [2.24, 2.45) is 0 Å². The molecule has 0 saturated heterocycles. The fourth-order valence-electron chi connectivity index (χ4n) is 2.98. The molecular weight excluding hydrogens is 572 g/mol. The molecule has 0 bridgehead atoms. The number of nitrogens with zero attached hydrogens (tertiary/aromatic N) is 1. The molecule has 0 N–H and O–H groups in total. The second-order valence-electron chi connectivity index (χ2n) is 6.84. The van der Waals surface area contributed by atoms with E-state index in [1.165, 1.54) is 36.2 Å². The first-order chi connectivity index (χ1) is 15.6. The molecule has 2 aromatic heterocycles. The van der Waals surface area contributed by atoms with Crippen LogP contribution >= 0.6 is 44.7 Å². The Bertz CT molecular complexity index is 1410. The van der Waals surface area contributed by atoms with Crippen LogP contribution in [0, 0.1) is 12.7 Å². The molecular formula is C20H19Cl3FNO6S3. The van der Waals surface area contributed by atoms with Gasteiger partial charge in [0.25, 0.3) is 0 Å². The van der Waals surface area contributed by atoms with Crippen LogP contribution in [0.2, 0.25) is 5.02 Å². The molecule has 14 heteroatoms. The molecule has 0 fully saturated rings. The highest BCUT2D eigenvalue weighted by Gasteiger charge is 2.21. The standard InChI is InChI=1S/C20H19ClFNO4S2.Cl2O2S/c1-4-27-19(24)9-15-12(2)20(23-11-17(22)16(21)10-18(15)23)28-13-5-7-14(8-6-13)29(3,25)26;1-5(2,3)4/h5-8,10-11H,4,9H2,1-3H3;. The van der Waals surface area contributed by atoms with Gasteiger partial charge in [-0.2, -0.15) is 8.42 Å². The van der Waals surface area contributed by atoms with E-state index in [0.29, 0.717) is 16.1 Å². The minimum atomic E-state index is -3.72. The van der Waals surface area contributed by atoms with Crippen molar-refractivity contribution in [3.05, 3.63) is 58.5 Å². The maximum absolute atomic E-state index is 14.2. The van der Waals surface area contributed by atoms with Gasteiger partial charge in [-0.25, -0.2) is 12.8 Å². The summed E-state index contributed by atoms with van der Waals surface area (Å²) in [5.74, 6) is -0.955. The van der Waals surface area contributed by atoms with Gasteiger partial charge in [0.2, 0.25) is 0 Å². The normalized spacial score (nSPS) is 11.7. The molecule has 0 unspecified atom stereocenters. The number of esters is 1. The second-order valence-corrected chi connectivity index (χ2v) is 14.0. The van der Waals surface area contributed by atoms with Gasteiger partial charge in [0, 0.05) is 38.7 Å². The first-order valence-electron chi connectivity index (χ1n) is 9.38. The SMILES string of the molecule is CCOC(=O)Cc1c(C)c(Sc2ccc(S(C)(=O)=O)cc2)n2cc(F)c(Cl)cc12.O=S(=O)(Cl)Cl. The molecule has 3 rings (SSSR count). The Labute approximate surface area is 215 Å². The number of aromatic nitrogens is 1. The number of carbonyl (C=O) groups excluding carboxylic acids is 1. The lowest BCUT2D eigenvalue weighted by Gasteiger charge is -2.06. The van der Waals surface area contributed by atoms with Gasteiger partial charge in [0.05, 0.1) is 33.5 Å². The number of ether oxygens (including phenoxy) is 1. The summed E-state index contributed by atoms with van der Waals surface area (Å²) in [6.45, 7) is 3.85. The van der Waals surface area contributed by atoms with Crippen molar-refractivity contribution in [1.29, 1.82) is 0 Å². The number of benzene rings is 1. The fraction of sp³-hybridized carbons (Fsp3) is 0.250. The molecule has 186 valence electrons. The molecule has 0 atom stereocenters. The average Bonchev–Trinajstić information content (AvgIpc) is 2.92. The third-order valence-electron chi connectivity index (χ3n) is 4.39. The lowest BCUT2D eigenvalue weighted by Crippen LogP contribution is -2.08. The Morgan fingerprint density at radius 1 is 1.15 bits per heavy atom. The van der Waals surface area contributed by atoms with Gasteiger partial charge in [-0.15, -0.1) is 0 Å². The minimum Gasteiger partial charge on any atom is -0.466 e. The van der Waals surface area contributed by atoms with Gasteiger partial charge < -0.3 is 9.14 Å². The van der Waals surface area contributed by atoms with Crippen LogP contribution in [0.25, 0.3) is 5.52 Å². The van der Waals surface area contributed by atoms with Crippen LogP contribution in [0.15, 0.2) is 51.3 Å². The van der Waals surface area contributed by atoms with E-state index in [9.17, 15) is 17.6 Å². The van der Waals surface area contributed by atoms with Crippen molar-refractivity contribution < 1.29 is 30.8 Å². The Hall–Kier alpha value is -1.50. The van der Waals surface area contributed by atoms with Crippen molar-refractivity contribution >= 4 is 74.3 Å². The number of rotatable bonds is 6. The summed E-state index contributed by atoms with van der Waals surface area (Å²) in [6, 6.07) is 7.93. The third kappa shape index (κ3) is 8.03. The van der Waals surface area contributed by atoms with Crippen LogP contribution in [-0.4, -0.2) is 40.1 Å². The molecule has 1 aromatic carbocycles. The van der Waals surface area contributed by atoms with Gasteiger partial charge in [0.15, 0.2) is 15.7 Å². The van der Waals surface area contributed by atoms with E-state index in [0.717, 1.165) is 16.7 Å². The highest BCUT2D eigenvalue weighted by atomic mass is 36.0. The maximum atomic E-state index is 14.2. The Morgan fingerprint density at radius 3 is 2.21 bits per heavy atom. The molecule has 0 aliphatic carbocycles. The molecule has 0 aliphatic rings. The Kier molecular flexibility index (Phi) is 9.71. The van der Waals surface area contributed by atoms with E-state index in [2.05, 4.69) is 21.4 Å². The smallest absolute Gasteiger partial charge is 0.317 e. The zero-order valence-corrected chi connectivity index (χ0v) is 22.7. The number of pyridine rings is 1. The predicted molar refractivity (Wildman–Crippen MR) is 132 cm³/mol. The van der Waals surface area contributed by atoms with Gasteiger partial charge in [0.1, 0.15) is 0 Å². The maximum Gasteiger partial charge on any atom is 0.317 e. The number of fused-ring (bicyclic) bond motifs is 1.